The third-order valence-electron chi connectivity index (χ3n) is 5.05. The van der Waals surface area contributed by atoms with Gasteiger partial charge in [0.25, 0.3) is 0 Å². The first kappa shape index (κ1) is 22.2. The molecule has 1 saturated heterocycles. The van der Waals surface area contributed by atoms with Gasteiger partial charge in [-0.25, -0.2) is 13.1 Å². The number of alkyl halides is 3. The molecule has 1 unspecified atom stereocenters. The summed E-state index contributed by atoms with van der Waals surface area (Å²) < 4.78 is 65.7. The lowest BCUT2D eigenvalue weighted by molar-refractivity contribution is -0.137. The quantitative estimate of drug-likeness (QED) is 0.770. The summed E-state index contributed by atoms with van der Waals surface area (Å²) in [6.45, 7) is -0.0444. The van der Waals surface area contributed by atoms with Gasteiger partial charge in [-0.2, -0.15) is 13.2 Å². The lowest BCUT2D eigenvalue weighted by atomic mass is 10.0. The molecular weight excluding hydrogens is 419 g/mol. The van der Waals surface area contributed by atoms with Crippen molar-refractivity contribution in [3.63, 3.8) is 0 Å². The lowest BCUT2D eigenvalue weighted by Crippen LogP contribution is -2.42. The molecule has 1 aliphatic heterocycles. The van der Waals surface area contributed by atoms with Gasteiger partial charge in [0.15, 0.2) is 0 Å². The Kier molecular flexibility index (Phi) is 6.77. The first-order valence-electron chi connectivity index (χ1n) is 9.55. The average molecular weight is 441 g/mol. The van der Waals surface area contributed by atoms with E-state index >= 15 is 0 Å². The van der Waals surface area contributed by atoms with Crippen LogP contribution in [0.3, 0.4) is 0 Å². The number of carbonyl (C=O) groups excluding carboxylic acids is 1. The predicted molar refractivity (Wildman–Crippen MR) is 104 cm³/mol. The third-order valence-corrected chi connectivity index (χ3v) is 6.45. The Morgan fingerprint density at radius 2 is 1.87 bits per heavy atom. The van der Waals surface area contributed by atoms with Crippen molar-refractivity contribution in [2.24, 2.45) is 0 Å². The molecule has 2 heterocycles. The molecule has 30 heavy (non-hydrogen) atoms. The van der Waals surface area contributed by atoms with Gasteiger partial charge in [0.05, 0.1) is 23.0 Å². The van der Waals surface area contributed by atoms with Crippen molar-refractivity contribution in [1.29, 1.82) is 0 Å². The van der Waals surface area contributed by atoms with Crippen LogP contribution in [-0.4, -0.2) is 37.3 Å². The van der Waals surface area contributed by atoms with Crippen LogP contribution in [0.25, 0.3) is 0 Å². The van der Waals surface area contributed by atoms with E-state index in [0.29, 0.717) is 12.6 Å². The summed E-state index contributed by atoms with van der Waals surface area (Å²) in [6, 6.07) is 6.88. The maximum absolute atomic E-state index is 12.9. The van der Waals surface area contributed by atoms with Crippen LogP contribution in [0.4, 0.5) is 13.2 Å². The maximum atomic E-state index is 12.9. The van der Waals surface area contributed by atoms with Gasteiger partial charge in [-0.05, 0) is 48.7 Å². The molecule has 1 aromatic heterocycles. The van der Waals surface area contributed by atoms with E-state index < -0.39 is 39.1 Å². The number of hydrogen-bond donors (Lipinski definition) is 1. The van der Waals surface area contributed by atoms with Crippen LogP contribution >= 0.6 is 0 Å². The number of carbonyl (C=O) groups is 1. The van der Waals surface area contributed by atoms with Crippen LogP contribution < -0.4 is 4.72 Å². The summed E-state index contributed by atoms with van der Waals surface area (Å²) in [4.78, 5) is 17.9. The molecule has 0 radical (unpaired) electrons. The topological polar surface area (TPSA) is 79.4 Å². The van der Waals surface area contributed by atoms with Crippen molar-refractivity contribution in [2.45, 2.75) is 42.8 Å². The molecule has 0 saturated carbocycles. The number of likely N-dealkylation sites (tertiary alicyclic amines) is 1. The number of pyridine rings is 1. The van der Waals surface area contributed by atoms with Gasteiger partial charge in [0, 0.05) is 18.9 Å². The molecule has 1 atom stereocenters. The number of aromatic nitrogens is 1. The zero-order chi connectivity index (χ0) is 21.8. The van der Waals surface area contributed by atoms with E-state index in [9.17, 15) is 26.4 Å². The van der Waals surface area contributed by atoms with Crippen molar-refractivity contribution >= 4 is 15.9 Å². The molecule has 1 aliphatic rings. The summed E-state index contributed by atoms with van der Waals surface area (Å²) >= 11 is 0. The minimum Gasteiger partial charge on any atom is -0.335 e. The molecule has 0 aliphatic carbocycles. The van der Waals surface area contributed by atoms with Gasteiger partial charge >= 0.3 is 6.18 Å². The summed E-state index contributed by atoms with van der Waals surface area (Å²) in [7, 11) is -4.28. The average Bonchev–Trinajstić information content (AvgIpc) is 2.98. The Morgan fingerprint density at radius 3 is 2.57 bits per heavy atom. The number of amides is 1. The smallest absolute Gasteiger partial charge is 0.335 e. The number of hydrogen-bond acceptors (Lipinski definition) is 4. The number of sulfonamides is 1. The van der Waals surface area contributed by atoms with Crippen molar-refractivity contribution < 1.29 is 26.4 Å². The Morgan fingerprint density at radius 1 is 1.13 bits per heavy atom. The highest BCUT2D eigenvalue weighted by Gasteiger charge is 2.32. The van der Waals surface area contributed by atoms with Gasteiger partial charge < -0.3 is 4.90 Å². The van der Waals surface area contributed by atoms with Crippen molar-refractivity contribution in [3.05, 3.63) is 59.9 Å². The highest BCUT2D eigenvalue weighted by atomic mass is 32.2. The van der Waals surface area contributed by atoms with Crippen LogP contribution in [0.1, 0.15) is 42.9 Å². The summed E-state index contributed by atoms with van der Waals surface area (Å²) in [5.74, 6) is -0.422. The van der Waals surface area contributed by atoms with E-state index in [-0.39, 0.29) is 6.04 Å². The Balaban J connectivity index is 1.74. The molecule has 1 fully saturated rings. The van der Waals surface area contributed by atoms with E-state index in [2.05, 4.69) is 9.71 Å². The molecule has 6 nitrogen and oxygen atoms in total. The van der Waals surface area contributed by atoms with Gasteiger partial charge in [-0.3, -0.25) is 9.78 Å². The van der Waals surface area contributed by atoms with Gasteiger partial charge in [-0.1, -0.05) is 18.9 Å². The van der Waals surface area contributed by atoms with Crippen molar-refractivity contribution in [2.75, 3.05) is 13.1 Å². The van der Waals surface area contributed by atoms with E-state index in [1.54, 1.807) is 17.3 Å². The Hall–Kier alpha value is -2.46. The van der Waals surface area contributed by atoms with Crippen LogP contribution in [0, 0.1) is 0 Å². The summed E-state index contributed by atoms with van der Waals surface area (Å²) in [5.41, 5.74) is -0.150. The minimum atomic E-state index is -4.66. The molecule has 0 spiro atoms. The highest BCUT2D eigenvalue weighted by molar-refractivity contribution is 7.89. The molecular formula is C20H22F3N3O3S. The van der Waals surface area contributed by atoms with Gasteiger partial charge in [0.1, 0.15) is 0 Å². The minimum absolute atomic E-state index is 0.193. The van der Waals surface area contributed by atoms with Crippen molar-refractivity contribution in [1.82, 2.24) is 14.6 Å². The largest absolute Gasteiger partial charge is 0.416 e. The number of rotatable bonds is 5. The van der Waals surface area contributed by atoms with Gasteiger partial charge in [0.2, 0.25) is 15.9 Å². The lowest BCUT2D eigenvalue weighted by Gasteiger charge is -2.30. The van der Waals surface area contributed by atoms with E-state index in [4.69, 9.17) is 0 Å². The highest BCUT2D eigenvalue weighted by Crippen LogP contribution is 2.31. The Bertz CT molecular complexity index is 982. The number of nitrogens with one attached hydrogen (secondary N) is 1. The SMILES string of the molecule is O=C(CNS(=O)(=O)c1cccc(C(F)(F)F)c1)N1CCCCCC1c1ccncc1. The number of benzene rings is 1. The van der Waals surface area contributed by atoms with Crippen LogP contribution in [0.2, 0.25) is 0 Å². The molecule has 1 N–H and O–H groups in total. The molecule has 3 rings (SSSR count). The maximum Gasteiger partial charge on any atom is 0.416 e. The van der Waals surface area contributed by atoms with E-state index in [0.717, 1.165) is 49.4 Å². The van der Waals surface area contributed by atoms with Gasteiger partial charge in [-0.15, -0.1) is 0 Å². The summed E-state index contributed by atoms with van der Waals surface area (Å²) in [5, 5.41) is 0. The van der Waals surface area contributed by atoms with Crippen LogP contribution in [-0.2, 0) is 21.0 Å². The monoisotopic (exact) mass is 441 g/mol. The van der Waals surface area contributed by atoms with Crippen LogP contribution in [0.15, 0.2) is 53.7 Å². The summed E-state index contributed by atoms with van der Waals surface area (Å²) in [6.07, 6.45) is 2.06. The molecule has 1 aromatic carbocycles. The second-order valence-electron chi connectivity index (χ2n) is 7.08. The molecule has 1 amide bonds. The zero-order valence-corrected chi connectivity index (χ0v) is 16.9. The molecule has 10 heteroatoms. The Labute approximate surface area is 173 Å². The third kappa shape index (κ3) is 5.37. The predicted octanol–water partition coefficient (Wildman–Crippen LogP) is 3.52. The standard InChI is InChI=1S/C20H22F3N3O3S/c21-20(22,23)16-5-4-6-17(13-16)30(28,29)25-14-19(27)26-12-3-1-2-7-18(26)15-8-10-24-11-9-15/h4-6,8-11,13,18,25H,1-3,7,12,14H2. The molecule has 162 valence electrons. The van der Waals surface area contributed by atoms with E-state index in [1.165, 1.54) is 0 Å². The fourth-order valence-corrected chi connectivity index (χ4v) is 4.54. The normalized spacial score (nSPS) is 18.1. The van der Waals surface area contributed by atoms with E-state index in [1.807, 2.05) is 12.1 Å². The second-order valence-corrected chi connectivity index (χ2v) is 8.85. The molecule has 0 bridgehead atoms. The van der Waals surface area contributed by atoms with Crippen molar-refractivity contribution in [3.8, 4) is 0 Å². The number of halogens is 3. The van der Waals surface area contributed by atoms with Crippen LogP contribution in [0.5, 0.6) is 0 Å². The first-order chi connectivity index (χ1) is 14.2. The first-order valence-corrected chi connectivity index (χ1v) is 11.0. The fraction of sp³-hybridized carbons (Fsp3) is 0.400. The number of nitrogens with zero attached hydrogens (tertiary/aromatic N) is 2. The zero-order valence-electron chi connectivity index (χ0n) is 16.1. The molecule has 2 aromatic rings. The fourth-order valence-electron chi connectivity index (χ4n) is 3.52. The second kappa shape index (κ2) is 9.13.